The van der Waals surface area contributed by atoms with Crippen molar-refractivity contribution in [1.29, 1.82) is 0 Å². The molecule has 0 aliphatic carbocycles. The Labute approximate surface area is 155 Å². The van der Waals surface area contributed by atoms with Crippen molar-refractivity contribution in [2.75, 3.05) is 31.1 Å². The van der Waals surface area contributed by atoms with Crippen LogP contribution in [-0.4, -0.2) is 56.7 Å². The van der Waals surface area contributed by atoms with Gasteiger partial charge in [-0.05, 0) is 32.8 Å². The predicted molar refractivity (Wildman–Crippen MR) is 102 cm³/mol. The summed E-state index contributed by atoms with van der Waals surface area (Å²) in [5, 5.41) is 4.53. The molecular weight excluding hydrogens is 328 g/mol. The first-order valence-electron chi connectivity index (χ1n) is 9.25. The van der Waals surface area contributed by atoms with Crippen LogP contribution in [0.3, 0.4) is 0 Å². The molecule has 3 heterocycles. The second kappa shape index (κ2) is 7.43. The zero-order valence-electron chi connectivity index (χ0n) is 16.4. The molecule has 1 fully saturated rings. The lowest BCUT2D eigenvalue weighted by molar-refractivity contribution is -0.132. The van der Waals surface area contributed by atoms with Gasteiger partial charge in [0.25, 0.3) is 0 Å². The van der Waals surface area contributed by atoms with Gasteiger partial charge in [0.2, 0.25) is 5.91 Å². The van der Waals surface area contributed by atoms with Crippen LogP contribution in [-0.2, 0) is 4.79 Å². The highest BCUT2D eigenvalue weighted by molar-refractivity contribution is 5.76. The first kappa shape index (κ1) is 18.4. The first-order valence-corrected chi connectivity index (χ1v) is 9.25. The average molecular weight is 356 g/mol. The van der Waals surface area contributed by atoms with Crippen LogP contribution in [0.5, 0.6) is 0 Å². The number of carbonyl (C=O) groups is 1. The minimum absolute atomic E-state index is 0.252. The van der Waals surface area contributed by atoms with E-state index < -0.39 is 0 Å². The Kier molecular flexibility index (Phi) is 5.25. The van der Waals surface area contributed by atoms with Crippen LogP contribution >= 0.6 is 0 Å². The number of anilines is 1. The van der Waals surface area contributed by atoms with E-state index in [0.717, 1.165) is 55.0 Å². The van der Waals surface area contributed by atoms with Gasteiger partial charge < -0.3 is 9.80 Å². The number of hydrogen-bond acceptors (Lipinski definition) is 5. The van der Waals surface area contributed by atoms with Crippen molar-refractivity contribution >= 4 is 11.7 Å². The third kappa shape index (κ3) is 4.03. The number of rotatable bonds is 4. The molecule has 0 atom stereocenters. The molecule has 0 radical (unpaired) electrons. The Morgan fingerprint density at radius 2 is 1.69 bits per heavy atom. The number of nitrogens with zero attached hydrogens (tertiary/aromatic N) is 6. The third-order valence-corrected chi connectivity index (χ3v) is 4.58. The molecule has 2 aromatic heterocycles. The summed E-state index contributed by atoms with van der Waals surface area (Å²) in [7, 11) is 0. The van der Waals surface area contributed by atoms with Gasteiger partial charge in [0.1, 0.15) is 11.6 Å². The highest BCUT2D eigenvalue weighted by Gasteiger charge is 2.23. The molecule has 0 spiro atoms. The van der Waals surface area contributed by atoms with Crippen LogP contribution in [0.25, 0.3) is 5.82 Å². The molecule has 26 heavy (non-hydrogen) atoms. The van der Waals surface area contributed by atoms with Gasteiger partial charge in [0, 0.05) is 44.4 Å². The molecule has 7 nitrogen and oxygen atoms in total. The summed E-state index contributed by atoms with van der Waals surface area (Å²) in [4.78, 5) is 25.6. The number of piperazine rings is 1. The van der Waals surface area contributed by atoms with Gasteiger partial charge in [-0.2, -0.15) is 5.10 Å². The Morgan fingerprint density at radius 3 is 2.27 bits per heavy atom. The van der Waals surface area contributed by atoms with Crippen LogP contribution in [0.15, 0.2) is 12.1 Å². The average Bonchev–Trinajstić information content (AvgIpc) is 2.92. The van der Waals surface area contributed by atoms with E-state index in [0.29, 0.717) is 12.3 Å². The molecule has 1 saturated heterocycles. The fourth-order valence-electron chi connectivity index (χ4n) is 3.33. The van der Waals surface area contributed by atoms with Crippen molar-refractivity contribution in [2.24, 2.45) is 5.92 Å². The van der Waals surface area contributed by atoms with Crippen molar-refractivity contribution in [2.45, 2.75) is 41.0 Å². The van der Waals surface area contributed by atoms with E-state index in [2.05, 4.69) is 33.8 Å². The van der Waals surface area contributed by atoms with E-state index in [9.17, 15) is 4.79 Å². The molecule has 3 rings (SSSR count). The number of aromatic nitrogens is 4. The van der Waals surface area contributed by atoms with Crippen molar-refractivity contribution in [3.63, 3.8) is 0 Å². The summed E-state index contributed by atoms with van der Waals surface area (Å²) in [6.45, 7) is 13.1. The van der Waals surface area contributed by atoms with Gasteiger partial charge in [0.15, 0.2) is 5.82 Å². The molecule has 1 aliphatic rings. The largest absolute Gasteiger partial charge is 0.353 e. The summed E-state index contributed by atoms with van der Waals surface area (Å²) in [6.07, 6.45) is 0.620. The minimum Gasteiger partial charge on any atom is -0.353 e. The molecule has 7 heteroatoms. The smallest absolute Gasteiger partial charge is 0.222 e. The summed E-state index contributed by atoms with van der Waals surface area (Å²) < 4.78 is 1.86. The SMILES string of the molecule is Cc1cc(C)n(-c2cc(N3CCN(C(=O)CC(C)C)CC3)nc(C)n2)n1. The van der Waals surface area contributed by atoms with Gasteiger partial charge >= 0.3 is 0 Å². The normalized spacial score (nSPS) is 15.0. The van der Waals surface area contributed by atoms with E-state index in [1.54, 1.807) is 0 Å². The molecule has 0 N–H and O–H groups in total. The van der Waals surface area contributed by atoms with Crippen LogP contribution in [0, 0.1) is 26.7 Å². The quantitative estimate of drug-likeness (QED) is 0.841. The molecule has 140 valence electrons. The maximum absolute atomic E-state index is 12.3. The van der Waals surface area contributed by atoms with E-state index >= 15 is 0 Å². The van der Waals surface area contributed by atoms with Crippen LogP contribution in [0.4, 0.5) is 5.82 Å². The van der Waals surface area contributed by atoms with Gasteiger partial charge in [-0.15, -0.1) is 0 Å². The lowest BCUT2D eigenvalue weighted by Crippen LogP contribution is -2.49. The van der Waals surface area contributed by atoms with E-state index in [-0.39, 0.29) is 5.91 Å². The zero-order valence-corrected chi connectivity index (χ0v) is 16.4. The Bertz CT molecular complexity index is 789. The van der Waals surface area contributed by atoms with E-state index in [1.165, 1.54) is 0 Å². The molecular formula is C19H28N6O. The molecule has 2 aromatic rings. The number of amides is 1. The van der Waals surface area contributed by atoms with Crippen LogP contribution in [0.2, 0.25) is 0 Å². The lowest BCUT2D eigenvalue weighted by Gasteiger charge is -2.36. The van der Waals surface area contributed by atoms with Gasteiger partial charge in [-0.25, -0.2) is 14.6 Å². The monoisotopic (exact) mass is 356 g/mol. The highest BCUT2D eigenvalue weighted by Crippen LogP contribution is 2.19. The molecule has 0 unspecified atom stereocenters. The van der Waals surface area contributed by atoms with E-state index in [1.807, 2.05) is 42.5 Å². The summed E-state index contributed by atoms with van der Waals surface area (Å²) in [5.74, 6) is 3.06. The Hall–Kier alpha value is -2.44. The summed E-state index contributed by atoms with van der Waals surface area (Å²) >= 11 is 0. The molecule has 1 amide bonds. The Morgan fingerprint density at radius 1 is 1.04 bits per heavy atom. The second-order valence-electron chi connectivity index (χ2n) is 7.44. The lowest BCUT2D eigenvalue weighted by atomic mass is 10.1. The summed E-state index contributed by atoms with van der Waals surface area (Å²) in [6, 6.07) is 4.02. The summed E-state index contributed by atoms with van der Waals surface area (Å²) in [5.41, 5.74) is 2.02. The molecule has 1 aliphatic heterocycles. The van der Waals surface area contributed by atoms with Crippen molar-refractivity contribution in [3.8, 4) is 5.82 Å². The Balaban J connectivity index is 1.75. The maximum atomic E-state index is 12.3. The third-order valence-electron chi connectivity index (χ3n) is 4.58. The standard InChI is InChI=1S/C19H28N6O/c1-13(2)10-19(26)24-8-6-23(7-9-24)17-12-18(21-16(5)20-17)25-15(4)11-14(3)22-25/h11-13H,6-10H2,1-5H3. The van der Waals surface area contributed by atoms with Crippen molar-refractivity contribution in [3.05, 3.63) is 29.3 Å². The molecule has 0 aromatic carbocycles. The zero-order chi connectivity index (χ0) is 18.8. The van der Waals surface area contributed by atoms with Crippen LogP contribution in [0.1, 0.15) is 37.5 Å². The van der Waals surface area contributed by atoms with Crippen LogP contribution < -0.4 is 4.90 Å². The van der Waals surface area contributed by atoms with Gasteiger partial charge in [-0.1, -0.05) is 13.8 Å². The number of aryl methyl sites for hydroxylation is 3. The topological polar surface area (TPSA) is 67.2 Å². The highest BCUT2D eigenvalue weighted by atomic mass is 16.2. The van der Waals surface area contributed by atoms with Gasteiger partial charge in [0.05, 0.1) is 5.69 Å². The van der Waals surface area contributed by atoms with E-state index in [4.69, 9.17) is 0 Å². The predicted octanol–water partition coefficient (Wildman–Crippen LogP) is 2.28. The maximum Gasteiger partial charge on any atom is 0.222 e. The number of hydrogen-bond donors (Lipinski definition) is 0. The van der Waals surface area contributed by atoms with Crippen molar-refractivity contribution in [1.82, 2.24) is 24.6 Å². The molecule has 0 saturated carbocycles. The fraction of sp³-hybridized carbons (Fsp3) is 0.579. The van der Waals surface area contributed by atoms with Gasteiger partial charge in [-0.3, -0.25) is 4.79 Å². The molecule has 0 bridgehead atoms. The first-order chi connectivity index (χ1) is 12.3. The number of carbonyl (C=O) groups excluding carboxylic acids is 1. The van der Waals surface area contributed by atoms with Crippen molar-refractivity contribution < 1.29 is 4.79 Å². The minimum atomic E-state index is 0.252. The fourth-order valence-corrected chi connectivity index (χ4v) is 3.33. The second-order valence-corrected chi connectivity index (χ2v) is 7.44.